The van der Waals surface area contributed by atoms with Gasteiger partial charge in [0.15, 0.2) is 0 Å². The van der Waals surface area contributed by atoms with E-state index in [9.17, 15) is 0 Å². The Morgan fingerprint density at radius 3 is 2.47 bits per heavy atom. The Kier molecular flexibility index (Phi) is 6.82. The quantitative estimate of drug-likeness (QED) is 0.759. The van der Waals surface area contributed by atoms with E-state index >= 15 is 0 Å². The van der Waals surface area contributed by atoms with Gasteiger partial charge in [-0.2, -0.15) is 0 Å². The van der Waals surface area contributed by atoms with E-state index in [2.05, 4.69) is 39.5 Å². The number of rotatable bonds is 7. The van der Waals surface area contributed by atoms with Crippen molar-refractivity contribution in [2.75, 3.05) is 19.6 Å². The van der Waals surface area contributed by atoms with Crippen molar-refractivity contribution in [1.82, 2.24) is 4.90 Å². The van der Waals surface area contributed by atoms with Gasteiger partial charge < -0.3 is 10.6 Å². The molecule has 1 rings (SSSR count). The smallest absolute Gasteiger partial charge is 0.00980 e. The predicted octanol–water partition coefficient (Wildman–Crippen LogP) is 3.90. The van der Waals surface area contributed by atoms with Crippen molar-refractivity contribution in [3.8, 4) is 0 Å². The highest BCUT2D eigenvalue weighted by Crippen LogP contribution is 2.33. The fourth-order valence-electron chi connectivity index (χ4n) is 3.59. The van der Waals surface area contributed by atoms with Gasteiger partial charge in [-0.3, -0.25) is 0 Å². The third-order valence-electron chi connectivity index (χ3n) is 4.67. The number of hydrogen-bond donors (Lipinski definition) is 1. The van der Waals surface area contributed by atoms with Crippen LogP contribution in [0.15, 0.2) is 0 Å². The SMILES string of the molecule is CCN(CC(C)(C)CN)C1CCCC(CC(C)C)C1. The summed E-state index contributed by atoms with van der Waals surface area (Å²) in [5.41, 5.74) is 6.16. The van der Waals surface area contributed by atoms with E-state index < -0.39 is 0 Å². The van der Waals surface area contributed by atoms with Crippen LogP contribution < -0.4 is 5.73 Å². The molecule has 0 aromatic heterocycles. The molecule has 2 atom stereocenters. The normalized spacial score (nSPS) is 25.3. The van der Waals surface area contributed by atoms with E-state index in [4.69, 9.17) is 5.73 Å². The summed E-state index contributed by atoms with van der Waals surface area (Å²) >= 11 is 0. The Labute approximate surface area is 121 Å². The first-order valence-electron chi connectivity index (χ1n) is 8.32. The van der Waals surface area contributed by atoms with E-state index in [-0.39, 0.29) is 5.41 Å². The predicted molar refractivity (Wildman–Crippen MR) is 85.3 cm³/mol. The molecule has 1 aliphatic carbocycles. The molecule has 2 heteroatoms. The van der Waals surface area contributed by atoms with Crippen molar-refractivity contribution >= 4 is 0 Å². The topological polar surface area (TPSA) is 29.3 Å². The van der Waals surface area contributed by atoms with Crippen LogP contribution in [0.25, 0.3) is 0 Å². The van der Waals surface area contributed by atoms with E-state index in [1.807, 2.05) is 0 Å². The molecule has 0 heterocycles. The molecule has 19 heavy (non-hydrogen) atoms. The highest BCUT2D eigenvalue weighted by Gasteiger charge is 2.29. The lowest BCUT2D eigenvalue weighted by Gasteiger charge is -2.41. The lowest BCUT2D eigenvalue weighted by Crippen LogP contribution is -2.45. The second-order valence-corrected chi connectivity index (χ2v) is 7.75. The maximum atomic E-state index is 5.91. The third-order valence-corrected chi connectivity index (χ3v) is 4.67. The number of nitrogens with two attached hydrogens (primary N) is 1. The second kappa shape index (κ2) is 7.64. The largest absolute Gasteiger partial charge is 0.330 e. The van der Waals surface area contributed by atoms with E-state index in [1.165, 1.54) is 38.6 Å². The van der Waals surface area contributed by atoms with Crippen molar-refractivity contribution in [2.24, 2.45) is 23.0 Å². The van der Waals surface area contributed by atoms with Crippen LogP contribution in [-0.2, 0) is 0 Å². The van der Waals surface area contributed by atoms with Crippen LogP contribution in [0.1, 0.15) is 66.7 Å². The van der Waals surface area contributed by atoms with Crippen LogP contribution in [0.2, 0.25) is 0 Å². The van der Waals surface area contributed by atoms with E-state index in [0.29, 0.717) is 0 Å². The van der Waals surface area contributed by atoms with Gasteiger partial charge in [0, 0.05) is 12.6 Å². The summed E-state index contributed by atoms with van der Waals surface area (Å²) in [6.45, 7) is 14.7. The zero-order valence-electron chi connectivity index (χ0n) is 13.9. The van der Waals surface area contributed by atoms with E-state index in [0.717, 1.165) is 31.0 Å². The monoisotopic (exact) mass is 268 g/mol. The van der Waals surface area contributed by atoms with Gasteiger partial charge in [0.2, 0.25) is 0 Å². The van der Waals surface area contributed by atoms with Crippen molar-refractivity contribution in [1.29, 1.82) is 0 Å². The third kappa shape index (κ3) is 5.83. The van der Waals surface area contributed by atoms with Crippen molar-refractivity contribution < 1.29 is 0 Å². The minimum Gasteiger partial charge on any atom is -0.330 e. The molecule has 0 bridgehead atoms. The summed E-state index contributed by atoms with van der Waals surface area (Å²) in [6, 6.07) is 0.799. The first kappa shape index (κ1) is 17.0. The molecule has 0 aliphatic heterocycles. The molecule has 2 N–H and O–H groups in total. The summed E-state index contributed by atoms with van der Waals surface area (Å²) in [5.74, 6) is 1.80. The first-order valence-corrected chi connectivity index (χ1v) is 8.32. The standard InChI is InChI=1S/C17H36N2/c1-6-19(13-17(4,5)12-18)16-9-7-8-15(11-16)10-14(2)3/h14-16H,6-13,18H2,1-5H3. The molecule has 1 aliphatic rings. The molecule has 0 aromatic carbocycles. The van der Waals surface area contributed by atoms with Crippen LogP contribution >= 0.6 is 0 Å². The molecule has 0 saturated heterocycles. The summed E-state index contributed by atoms with van der Waals surface area (Å²) in [4.78, 5) is 2.69. The average Bonchev–Trinajstić information content (AvgIpc) is 2.35. The molecular weight excluding hydrogens is 232 g/mol. The van der Waals surface area contributed by atoms with Gasteiger partial charge in [-0.25, -0.2) is 0 Å². The number of hydrogen-bond acceptors (Lipinski definition) is 2. The van der Waals surface area contributed by atoms with Crippen LogP contribution in [0.4, 0.5) is 0 Å². The lowest BCUT2D eigenvalue weighted by atomic mass is 9.80. The summed E-state index contributed by atoms with van der Waals surface area (Å²) in [7, 11) is 0. The minimum atomic E-state index is 0.251. The van der Waals surface area contributed by atoms with Crippen LogP contribution in [0, 0.1) is 17.3 Å². The fourth-order valence-corrected chi connectivity index (χ4v) is 3.59. The summed E-state index contributed by atoms with van der Waals surface area (Å²) in [5, 5.41) is 0. The van der Waals surface area contributed by atoms with Crippen molar-refractivity contribution in [3.63, 3.8) is 0 Å². The molecular formula is C17H36N2. The molecule has 0 aromatic rings. The van der Waals surface area contributed by atoms with E-state index in [1.54, 1.807) is 0 Å². The van der Waals surface area contributed by atoms with Gasteiger partial charge >= 0.3 is 0 Å². The molecule has 114 valence electrons. The molecule has 1 fully saturated rings. The zero-order valence-corrected chi connectivity index (χ0v) is 13.9. The van der Waals surface area contributed by atoms with Gasteiger partial charge in [0.05, 0.1) is 0 Å². The highest BCUT2D eigenvalue weighted by molar-refractivity contribution is 4.84. The first-order chi connectivity index (χ1) is 8.88. The highest BCUT2D eigenvalue weighted by atomic mass is 15.2. The summed E-state index contributed by atoms with van der Waals surface area (Å²) in [6.07, 6.45) is 7.08. The zero-order chi connectivity index (χ0) is 14.5. The maximum absolute atomic E-state index is 5.91. The molecule has 1 saturated carbocycles. The Morgan fingerprint density at radius 1 is 1.26 bits per heavy atom. The summed E-state index contributed by atoms with van der Waals surface area (Å²) < 4.78 is 0. The number of nitrogens with zero attached hydrogens (tertiary/aromatic N) is 1. The van der Waals surface area contributed by atoms with Gasteiger partial charge in [-0.05, 0) is 49.6 Å². The van der Waals surface area contributed by atoms with Crippen molar-refractivity contribution in [2.45, 2.75) is 72.8 Å². The molecule has 0 amide bonds. The Bertz CT molecular complexity index is 248. The maximum Gasteiger partial charge on any atom is 0.00980 e. The van der Waals surface area contributed by atoms with Gasteiger partial charge in [-0.15, -0.1) is 0 Å². The fraction of sp³-hybridized carbons (Fsp3) is 1.00. The molecule has 0 radical (unpaired) electrons. The van der Waals surface area contributed by atoms with Crippen molar-refractivity contribution in [3.05, 3.63) is 0 Å². The van der Waals surface area contributed by atoms with Crippen LogP contribution in [0.3, 0.4) is 0 Å². The van der Waals surface area contributed by atoms with Gasteiger partial charge in [-0.1, -0.05) is 47.5 Å². The minimum absolute atomic E-state index is 0.251. The Balaban J connectivity index is 2.55. The Morgan fingerprint density at radius 2 is 1.95 bits per heavy atom. The second-order valence-electron chi connectivity index (χ2n) is 7.75. The average molecular weight is 268 g/mol. The molecule has 2 unspecified atom stereocenters. The molecule has 2 nitrogen and oxygen atoms in total. The van der Waals surface area contributed by atoms with Gasteiger partial charge in [0.25, 0.3) is 0 Å². The van der Waals surface area contributed by atoms with Crippen LogP contribution in [-0.4, -0.2) is 30.6 Å². The molecule has 0 spiro atoms. The van der Waals surface area contributed by atoms with Gasteiger partial charge in [0.1, 0.15) is 0 Å². The van der Waals surface area contributed by atoms with Crippen LogP contribution in [0.5, 0.6) is 0 Å². The Hall–Kier alpha value is -0.0800. The lowest BCUT2D eigenvalue weighted by molar-refractivity contribution is 0.0902.